The van der Waals surface area contributed by atoms with E-state index in [1.807, 2.05) is 17.8 Å². The van der Waals surface area contributed by atoms with Gasteiger partial charge in [-0.3, -0.25) is 4.68 Å². The van der Waals surface area contributed by atoms with E-state index >= 15 is 0 Å². The highest BCUT2D eigenvalue weighted by Gasteiger charge is 2.05. The fraction of sp³-hybridized carbons (Fsp3) is 0.357. The molecule has 0 amide bonds. The third-order valence-electron chi connectivity index (χ3n) is 2.97. The maximum Gasteiger partial charge on any atom is 0.146 e. The van der Waals surface area contributed by atoms with Gasteiger partial charge in [0.1, 0.15) is 5.82 Å². The molecular formula is C14H19N3. The molecule has 0 aliphatic carbocycles. The highest BCUT2D eigenvalue weighted by atomic mass is 15.3. The number of unbranched alkanes of at least 4 members (excludes halogenated alkanes) is 1. The number of hydrogen-bond donors (Lipinski definition) is 1. The summed E-state index contributed by atoms with van der Waals surface area (Å²) in [5, 5.41) is 4.15. The van der Waals surface area contributed by atoms with Crippen molar-refractivity contribution in [2.75, 3.05) is 5.73 Å². The summed E-state index contributed by atoms with van der Waals surface area (Å²) >= 11 is 0. The van der Waals surface area contributed by atoms with Crippen LogP contribution in [0.15, 0.2) is 30.3 Å². The van der Waals surface area contributed by atoms with E-state index < -0.39 is 0 Å². The van der Waals surface area contributed by atoms with Crippen molar-refractivity contribution in [2.45, 2.75) is 26.2 Å². The zero-order chi connectivity index (χ0) is 12.3. The molecule has 0 saturated carbocycles. The number of nitrogens with zero attached hydrogens (tertiary/aromatic N) is 2. The lowest BCUT2D eigenvalue weighted by atomic mass is 10.0. The molecule has 1 aromatic heterocycles. The van der Waals surface area contributed by atoms with Gasteiger partial charge in [0.15, 0.2) is 0 Å². The highest BCUT2D eigenvalue weighted by molar-refractivity contribution is 5.62. The normalized spacial score (nSPS) is 10.7. The Balaban J connectivity index is 2.20. The van der Waals surface area contributed by atoms with Crippen molar-refractivity contribution in [3.63, 3.8) is 0 Å². The molecule has 17 heavy (non-hydrogen) atoms. The number of nitrogen functional groups attached to an aromatic ring is 1. The second-order valence-corrected chi connectivity index (χ2v) is 4.38. The molecule has 1 heterocycles. The number of rotatable bonds is 4. The van der Waals surface area contributed by atoms with Crippen LogP contribution in [0.5, 0.6) is 0 Å². The molecular weight excluding hydrogens is 210 g/mol. The number of aromatic nitrogens is 2. The van der Waals surface area contributed by atoms with Crippen molar-refractivity contribution >= 4 is 5.82 Å². The first kappa shape index (κ1) is 11.7. The number of anilines is 1. The van der Waals surface area contributed by atoms with Crippen LogP contribution in [0, 0.1) is 0 Å². The fourth-order valence-corrected chi connectivity index (χ4v) is 1.98. The summed E-state index contributed by atoms with van der Waals surface area (Å²) in [7, 11) is 1.91. The third kappa shape index (κ3) is 2.67. The van der Waals surface area contributed by atoms with Crippen LogP contribution in [0.1, 0.15) is 25.3 Å². The van der Waals surface area contributed by atoms with Gasteiger partial charge in [-0.05, 0) is 24.0 Å². The lowest BCUT2D eigenvalue weighted by Crippen LogP contribution is -1.94. The van der Waals surface area contributed by atoms with Crippen molar-refractivity contribution in [1.29, 1.82) is 0 Å². The van der Waals surface area contributed by atoms with Crippen LogP contribution in [0.2, 0.25) is 0 Å². The molecule has 0 aliphatic rings. The van der Waals surface area contributed by atoms with Gasteiger partial charge >= 0.3 is 0 Å². The van der Waals surface area contributed by atoms with Crippen molar-refractivity contribution in [3.8, 4) is 11.3 Å². The lowest BCUT2D eigenvalue weighted by molar-refractivity contribution is 0.779. The van der Waals surface area contributed by atoms with Crippen LogP contribution in [-0.4, -0.2) is 9.78 Å². The van der Waals surface area contributed by atoms with Gasteiger partial charge in [-0.25, -0.2) is 0 Å². The molecule has 0 atom stereocenters. The topological polar surface area (TPSA) is 43.8 Å². The highest BCUT2D eigenvalue weighted by Crippen LogP contribution is 2.21. The smallest absolute Gasteiger partial charge is 0.146 e. The Hall–Kier alpha value is -1.77. The van der Waals surface area contributed by atoms with Crippen molar-refractivity contribution in [3.05, 3.63) is 35.9 Å². The summed E-state index contributed by atoms with van der Waals surface area (Å²) < 4.78 is 1.82. The van der Waals surface area contributed by atoms with Crippen molar-refractivity contribution < 1.29 is 0 Å². The van der Waals surface area contributed by atoms with E-state index in [1.54, 1.807) is 0 Å². The Morgan fingerprint density at radius 1 is 1.24 bits per heavy atom. The van der Waals surface area contributed by atoms with Crippen LogP contribution >= 0.6 is 0 Å². The molecule has 2 aromatic rings. The third-order valence-corrected chi connectivity index (χ3v) is 2.97. The van der Waals surface area contributed by atoms with Gasteiger partial charge in [0.2, 0.25) is 0 Å². The first-order valence-electron chi connectivity index (χ1n) is 6.09. The molecule has 0 bridgehead atoms. The van der Waals surface area contributed by atoms with Gasteiger partial charge in [-0.2, -0.15) is 5.10 Å². The molecule has 0 fully saturated rings. The fourth-order valence-electron chi connectivity index (χ4n) is 1.98. The van der Waals surface area contributed by atoms with E-state index in [0.717, 1.165) is 17.7 Å². The van der Waals surface area contributed by atoms with Gasteiger partial charge in [0.05, 0.1) is 5.69 Å². The van der Waals surface area contributed by atoms with Gasteiger partial charge in [-0.1, -0.05) is 37.6 Å². The van der Waals surface area contributed by atoms with Gasteiger partial charge < -0.3 is 5.73 Å². The second-order valence-electron chi connectivity index (χ2n) is 4.38. The molecule has 1 aromatic carbocycles. The lowest BCUT2D eigenvalue weighted by Gasteiger charge is -2.04. The molecule has 0 aliphatic heterocycles. The molecule has 0 spiro atoms. The maximum absolute atomic E-state index is 5.68. The average Bonchev–Trinajstić information content (AvgIpc) is 2.66. The molecule has 3 heteroatoms. The molecule has 2 N–H and O–H groups in total. The van der Waals surface area contributed by atoms with E-state index in [9.17, 15) is 0 Å². The molecule has 0 saturated heterocycles. The molecule has 0 unspecified atom stereocenters. The van der Waals surface area contributed by atoms with Crippen molar-refractivity contribution in [2.24, 2.45) is 7.05 Å². The standard InChI is InChI=1S/C14H19N3/c1-3-4-5-11-6-8-12(9-7-11)13-10-14(15)16-17(13)2/h6-10H,3-5H2,1-2H3,(H2,15,16). The molecule has 90 valence electrons. The number of benzene rings is 1. The summed E-state index contributed by atoms with van der Waals surface area (Å²) in [5.41, 5.74) is 9.30. The first-order chi connectivity index (χ1) is 8.20. The minimum Gasteiger partial charge on any atom is -0.382 e. The Labute approximate surface area is 102 Å². The molecule has 3 nitrogen and oxygen atoms in total. The zero-order valence-corrected chi connectivity index (χ0v) is 10.5. The van der Waals surface area contributed by atoms with Crippen LogP contribution in [0.25, 0.3) is 11.3 Å². The Bertz CT molecular complexity index is 483. The monoisotopic (exact) mass is 229 g/mol. The van der Waals surface area contributed by atoms with E-state index in [2.05, 4.69) is 36.3 Å². The second kappa shape index (κ2) is 5.04. The maximum atomic E-state index is 5.68. The number of nitrogens with two attached hydrogens (primary N) is 1. The largest absolute Gasteiger partial charge is 0.382 e. The predicted molar refractivity (Wildman–Crippen MR) is 71.7 cm³/mol. The van der Waals surface area contributed by atoms with Gasteiger partial charge in [-0.15, -0.1) is 0 Å². The predicted octanol–water partition coefficient (Wildman–Crippen LogP) is 3.01. The van der Waals surface area contributed by atoms with E-state index in [-0.39, 0.29) is 0 Å². The van der Waals surface area contributed by atoms with Crippen molar-refractivity contribution in [1.82, 2.24) is 9.78 Å². The minimum atomic E-state index is 0.567. The Morgan fingerprint density at radius 3 is 2.47 bits per heavy atom. The van der Waals surface area contributed by atoms with Crippen LogP contribution in [-0.2, 0) is 13.5 Å². The summed E-state index contributed by atoms with van der Waals surface area (Å²) in [6.07, 6.45) is 3.64. The summed E-state index contributed by atoms with van der Waals surface area (Å²) in [4.78, 5) is 0. The summed E-state index contributed by atoms with van der Waals surface area (Å²) in [5.74, 6) is 0.567. The molecule has 0 radical (unpaired) electrons. The van der Waals surface area contributed by atoms with E-state index in [0.29, 0.717) is 5.82 Å². The summed E-state index contributed by atoms with van der Waals surface area (Å²) in [6.45, 7) is 2.22. The number of aryl methyl sites for hydroxylation is 2. The quantitative estimate of drug-likeness (QED) is 0.875. The zero-order valence-electron chi connectivity index (χ0n) is 10.5. The van der Waals surface area contributed by atoms with Gasteiger partial charge in [0.25, 0.3) is 0 Å². The number of hydrogen-bond acceptors (Lipinski definition) is 2. The van der Waals surface area contributed by atoms with Gasteiger partial charge in [0, 0.05) is 13.1 Å². The Morgan fingerprint density at radius 2 is 1.94 bits per heavy atom. The van der Waals surface area contributed by atoms with E-state index in [4.69, 9.17) is 5.73 Å². The SMILES string of the molecule is CCCCc1ccc(-c2cc(N)nn2C)cc1. The first-order valence-corrected chi connectivity index (χ1v) is 6.09. The minimum absolute atomic E-state index is 0.567. The average molecular weight is 229 g/mol. The molecule has 2 rings (SSSR count). The summed E-state index contributed by atoms with van der Waals surface area (Å²) in [6, 6.07) is 10.6. The van der Waals surface area contributed by atoms with Crippen LogP contribution in [0.3, 0.4) is 0 Å². The van der Waals surface area contributed by atoms with Crippen LogP contribution < -0.4 is 5.73 Å². The Kier molecular flexibility index (Phi) is 3.47. The van der Waals surface area contributed by atoms with E-state index in [1.165, 1.54) is 18.4 Å². The van der Waals surface area contributed by atoms with Crippen LogP contribution in [0.4, 0.5) is 5.82 Å².